The molecule has 0 aromatic heterocycles. The van der Waals surface area contributed by atoms with E-state index in [0.717, 1.165) is 5.69 Å². The van der Waals surface area contributed by atoms with E-state index >= 15 is 0 Å². The van der Waals surface area contributed by atoms with Crippen molar-refractivity contribution in [2.75, 3.05) is 12.0 Å². The van der Waals surface area contributed by atoms with Gasteiger partial charge in [-0.25, -0.2) is 0 Å². The molecule has 0 fully saturated rings. The molecule has 3 heteroatoms. The number of hydrogen-bond acceptors (Lipinski definition) is 3. The Morgan fingerprint density at radius 3 is 2.62 bits per heavy atom. The van der Waals surface area contributed by atoms with Crippen molar-refractivity contribution in [1.82, 2.24) is 5.01 Å². The number of nitrogens with zero attached hydrogens (tertiary/aromatic N) is 1. The van der Waals surface area contributed by atoms with E-state index in [9.17, 15) is 4.79 Å². The molecule has 1 heterocycles. The monoisotopic (exact) mass is 174 g/mol. The average molecular weight is 174 g/mol. The van der Waals surface area contributed by atoms with E-state index in [1.54, 1.807) is 17.3 Å². The summed E-state index contributed by atoms with van der Waals surface area (Å²) in [5.41, 5.74) is 4.08. The van der Waals surface area contributed by atoms with Gasteiger partial charge in [0.25, 0.3) is 0 Å². The van der Waals surface area contributed by atoms with Crippen LogP contribution in [-0.2, 0) is 4.79 Å². The van der Waals surface area contributed by atoms with Crippen LogP contribution in [0.2, 0.25) is 0 Å². The summed E-state index contributed by atoms with van der Waals surface area (Å²) >= 11 is 0. The highest BCUT2D eigenvalue weighted by Gasteiger charge is 2.10. The Morgan fingerprint density at radius 1 is 1.23 bits per heavy atom. The number of carbonyl (C=O) groups is 1. The van der Waals surface area contributed by atoms with Gasteiger partial charge >= 0.3 is 0 Å². The van der Waals surface area contributed by atoms with E-state index in [1.807, 2.05) is 30.3 Å². The van der Waals surface area contributed by atoms with Crippen LogP contribution in [0.15, 0.2) is 42.6 Å². The lowest BCUT2D eigenvalue weighted by molar-refractivity contribution is -0.114. The van der Waals surface area contributed by atoms with Crippen LogP contribution in [0.25, 0.3) is 0 Å². The first-order valence-corrected chi connectivity index (χ1v) is 4.14. The van der Waals surface area contributed by atoms with E-state index in [2.05, 4.69) is 5.43 Å². The summed E-state index contributed by atoms with van der Waals surface area (Å²) in [4.78, 5) is 10.9. The minimum Gasteiger partial charge on any atom is -0.299 e. The van der Waals surface area contributed by atoms with Crippen LogP contribution in [0.4, 0.5) is 5.69 Å². The Kier molecular flexibility index (Phi) is 2.00. The summed E-state index contributed by atoms with van der Waals surface area (Å²) in [6.45, 7) is 0.412. The standard InChI is InChI=1S/C10H10N2O/c13-10-6-7-12(8-10)11-9-4-2-1-3-5-9/h1-7,11H,8H2. The topological polar surface area (TPSA) is 32.3 Å². The third-order valence-corrected chi connectivity index (χ3v) is 1.81. The number of carbonyl (C=O) groups excluding carboxylic acids is 1. The smallest absolute Gasteiger partial charge is 0.178 e. The molecule has 0 saturated carbocycles. The summed E-state index contributed by atoms with van der Waals surface area (Å²) in [5.74, 6) is 0.128. The molecule has 1 aliphatic rings. The molecule has 13 heavy (non-hydrogen) atoms. The van der Waals surface area contributed by atoms with Crippen molar-refractivity contribution in [1.29, 1.82) is 0 Å². The van der Waals surface area contributed by atoms with Crippen molar-refractivity contribution < 1.29 is 4.79 Å². The van der Waals surface area contributed by atoms with Gasteiger partial charge in [0.05, 0.1) is 5.69 Å². The first kappa shape index (κ1) is 7.86. The van der Waals surface area contributed by atoms with Gasteiger partial charge in [-0.1, -0.05) is 18.2 Å². The van der Waals surface area contributed by atoms with Gasteiger partial charge in [0.15, 0.2) is 5.78 Å². The van der Waals surface area contributed by atoms with E-state index in [-0.39, 0.29) is 5.78 Å². The number of rotatable bonds is 2. The van der Waals surface area contributed by atoms with E-state index in [4.69, 9.17) is 0 Å². The molecule has 0 radical (unpaired) electrons. The highest BCUT2D eigenvalue weighted by Crippen LogP contribution is 2.09. The Hall–Kier alpha value is -1.77. The van der Waals surface area contributed by atoms with Gasteiger partial charge in [-0.15, -0.1) is 0 Å². The summed E-state index contributed by atoms with van der Waals surface area (Å²) in [5, 5.41) is 1.76. The summed E-state index contributed by atoms with van der Waals surface area (Å²) in [7, 11) is 0. The number of anilines is 1. The molecule has 0 amide bonds. The van der Waals surface area contributed by atoms with Gasteiger partial charge in [-0.2, -0.15) is 0 Å². The molecule has 0 unspecified atom stereocenters. The van der Waals surface area contributed by atoms with Crippen molar-refractivity contribution in [2.45, 2.75) is 0 Å². The molecule has 3 nitrogen and oxygen atoms in total. The van der Waals surface area contributed by atoms with Gasteiger partial charge in [-0.3, -0.25) is 15.2 Å². The van der Waals surface area contributed by atoms with Crippen LogP contribution in [0.1, 0.15) is 0 Å². The third-order valence-electron chi connectivity index (χ3n) is 1.81. The molecule has 2 rings (SSSR count). The second kappa shape index (κ2) is 3.31. The first-order chi connectivity index (χ1) is 6.34. The van der Waals surface area contributed by atoms with Gasteiger partial charge in [0.1, 0.15) is 6.54 Å². The SMILES string of the molecule is O=C1C=CN(Nc2ccccc2)C1. The maximum absolute atomic E-state index is 10.9. The summed E-state index contributed by atoms with van der Waals surface area (Å²) in [6, 6.07) is 9.76. The Bertz CT molecular complexity index is 332. The van der Waals surface area contributed by atoms with Gasteiger partial charge in [0, 0.05) is 12.3 Å². The summed E-state index contributed by atoms with van der Waals surface area (Å²) < 4.78 is 0. The normalized spacial score (nSPS) is 15.1. The number of benzene rings is 1. The largest absolute Gasteiger partial charge is 0.299 e. The predicted molar refractivity (Wildman–Crippen MR) is 50.9 cm³/mol. The molecule has 0 spiro atoms. The molecule has 0 aliphatic carbocycles. The van der Waals surface area contributed by atoms with Crippen molar-refractivity contribution in [3.05, 3.63) is 42.6 Å². The zero-order valence-corrected chi connectivity index (χ0v) is 7.10. The lowest BCUT2D eigenvalue weighted by Gasteiger charge is -2.16. The molecular weight excluding hydrogens is 164 g/mol. The van der Waals surface area contributed by atoms with Crippen LogP contribution >= 0.6 is 0 Å². The molecule has 1 N–H and O–H groups in total. The molecule has 0 bridgehead atoms. The zero-order chi connectivity index (χ0) is 9.10. The average Bonchev–Trinajstić information content (AvgIpc) is 2.53. The minimum atomic E-state index is 0.128. The number of ketones is 1. The summed E-state index contributed by atoms with van der Waals surface area (Å²) in [6.07, 6.45) is 3.31. The fourth-order valence-electron chi connectivity index (χ4n) is 1.20. The fourth-order valence-corrected chi connectivity index (χ4v) is 1.20. The number of hydrazine groups is 1. The lowest BCUT2D eigenvalue weighted by Crippen LogP contribution is -2.24. The highest BCUT2D eigenvalue weighted by atomic mass is 16.1. The number of nitrogens with one attached hydrogen (secondary N) is 1. The van der Waals surface area contributed by atoms with E-state index in [1.165, 1.54) is 0 Å². The van der Waals surface area contributed by atoms with Crippen LogP contribution in [0.5, 0.6) is 0 Å². The molecule has 1 aromatic rings. The van der Waals surface area contributed by atoms with E-state index in [0.29, 0.717) is 6.54 Å². The maximum Gasteiger partial charge on any atom is 0.178 e. The maximum atomic E-state index is 10.9. The molecular formula is C10H10N2O. The van der Waals surface area contributed by atoms with Gasteiger partial charge < -0.3 is 0 Å². The lowest BCUT2D eigenvalue weighted by atomic mass is 10.3. The first-order valence-electron chi connectivity index (χ1n) is 4.14. The Balaban J connectivity index is 2.00. The van der Waals surface area contributed by atoms with Gasteiger partial charge in [0.2, 0.25) is 0 Å². The Labute approximate surface area is 76.6 Å². The second-order valence-electron chi connectivity index (χ2n) is 2.89. The number of hydrogen-bond donors (Lipinski definition) is 1. The third kappa shape index (κ3) is 1.87. The van der Waals surface area contributed by atoms with Gasteiger partial charge in [-0.05, 0) is 12.1 Å². The molecule has 0 atom stereocenters. The van der Waals surface area contributed by atoms with Crippen LogP contribution in [-0.4, -0.2) is 17.3 Å². The second-order valence-corrected chi connectivity index (χ2v) is 2.89. The number of para-hydroxylation sites is 1. The van der Waals surface area contributed by atoms with Crippen LogP contribution in [0, 0.1) is 0 Å². The van der Waals surface area contributed by atoms with Crippen molar-refractivity contribution >= 4 is 11.5 Å². The van der Waals surface area contributed by atoms with E-state index < -0.39 is 0 Å². The zero-order valence-electron chi connectivity index (χ0n) is 7.10. The molecule has 1 aliphatic heterocycles. The fraction of sp³-hybridized carbons (Fsp3) is 0.100. The van der Waals surface area contributed by atoms with Crippen molar-refractivity contribution in [3.8, 4) is 0 Å². The highest BCUT2D eigenvalue weighted by molar-refractivity contribution is 5.93. The van der Waals surface area contributed by atoms with Crippen molar-refractivity contribution in [2.24, 2.45) is 0 Å². The quantitative estimate of drug-likeness (QED) is 0.735. The molecule has 1 aromatic carbocycles. The predicted octanol–water partition coefficient (Wildman–Crippen LogP) is 1.41. The molecule has 0 saturated heterocycles. The minimum absolute atomic E-state index is 0.128. The van der Waals surface area contributed by atoms with Crippen molar-refractivity contribution in [3.63, 3.8) is 0 Å². The van der Waals surface area contributed by atoms with Crippen LogP contribution in [0.3, 0.4) is 0 Å². The Morgan fingerprint density at radius 2 is 2.00 bits per heavy atom. The molecule has 66 valence electrons. The van der Waals surface area contributed by atoms with Crippen LogP contribution < -0.4 is 5.43 Å².